The Hall–Kier alpha value is -0.970. The van der Waals surface area contributed by atoms with Crippen LogP contribution >= 0.6 is 0 Å². The molecule has 1 heterocycles. The van der Waals surface area contributed by atoms with Gasteiger partial charge in [-0.3, -0.25) is 4.68 Å². The van der Waals surface area contributed by atoms with E-state index in [-0.39, 0.29) is 11.6 Å². The average molecular weight is 218 g/mol. The summed E-state index contributed by atoms with van der Waals surface area (Å²) < 4.78 is 26.0. The third kappa shape index (κ3) is 2.75. The van der Waals surface area contributed by atoms with Gasteiger partial charge in [0.25, 0.3) is 6.43 Å². The molecule has 5 heteroatoms. The van der Waals surface area contributed by atoms with Crippen LogP contribution in [-0.2, 0) is 0 Å². The normalized spacial score (nSPS) is 13.8. The molecule has 0 saturated carbocycles. The van der Waals surface area contributed by atoms with E-state index in [2.05, 4.69) is 5.10 Å². The SMILES string of the molecule is CCC(CC)n1cc([C@H](O)C(F)F)cn1. The van der Waals surface area contributed by atoms with Gasteiger partial charge >= 0.3 is 0 Å². The maximum atomic E-state index is 12.2. The molecule has 0 saturated heterocycles. The van der Waals surface area contributed by atoms with Crippen molar-refractivity contribution in [2.45, 2.75) is 45.3 Å². The van der Waals surface area contributed by atoms with Gasteiger partial charge in [-0.2, -0.15) is 5.10 Å². The van der Waals surface area contributed by atoms with Crippen LogP contribution in [0.3, 0.4) is 0 Å². The van der Waals surface area contributed by atoms with Crippen molar-refractivity contribution in [3.63, 3.8) is 0 Å². The van der Waals surface area contributed by atoms with Crippen LogP contribution in [0.2, 0.25) is 0 Å². The fraction of sp³-hybridized carbons (Fsp3) is 0.700. The predicted molar refractivity (Wildman–Crippen MR) is 52.8 cm³/mol. The number of aliphatic hydroxyl groups excluding tert-OH is 1. The van der Waals surface area contributed by atoms with Gasteiger partial charge in [0, 0.05) is 11.8 Å². The molecule has 0 radical (unpaired) electrons. The summed E-state index contributed by atoms with van der Waals surface area (Å²) in [6, 6.07) is 0.212. The van der Waals surface area contributed by atoms with Gasteiger partial charge in [-0.1, -0.05) is 13.8 Å². The summed E-state index contributed by atoms with van der Waals surface area (Å²) in [5, 5.41) is 13.1. The van der Waals surface area contributed by atoms with Crippen LogP contribution in [0, 0.1) is 0 Å². The van der Waals surface area contributed by atoms with Crippen molar-refractivity contribution in [3.05, 3.63) is 18.0 Å². The number of rotatable bonds is 5. The Labute approximate surface area is 87.7 Å². The molecule has 1 aromatic rings. The van der Waals surface area contributed by atoms with Crippen LogP contribution in [0.4, 0.5) is 8.78 Å². The number of hydrogen-bond donors (Lipinski definition) is 1. The highest BCUT2D eigenvalue weighted by Gasteiger charge is 2.21. The minimum Gasteiger partial charge on any atom is -0.382 e. The molecule has 15 heavy (non-hydrogen) atoms. The molecule has 1 aromatic heterocycles. The molecule has 0 fully saturated rings. The second-order valence-corrected chi connectivity index (χ2v) is 3.50. The Morgan fingerprint density at radius 1 is 1.40 bits per heavy atom. The zero-order valence-corrected chi connectivity index (χ0v) is 8.90. The molecule has 0 amide bonds. The molecule has 0 bridgehead atoms. The van der Waals surface area contributed by atoms with E-state index < -0.39 is 12.5 Å². The predicted octanol–water partition coefficient (Wildman–Crippen LogP) is 2.54. The average Bonchev–Trinajstić information content (AvgIpc) is 2.67. The van der Waals surface area contributed by atoms with E-state index >= 15 is 0 Å². The van der Waals surface area contributed by atoms with Crippen molar-refractivity contribution in [2.75, 3.05) is 0 Å². The van der Waals surface area contributed by atoms with Crippen molar-refractivity contribution < 1.29 is 13.9 Å². The molecule has 1 N–H and O–H groups in total. The molecule has 0 aliphatic rings. The van der Waals surface area contributed by atoms with Gasteiger partial charge in [-0.05, 0) is 12.8 Å². The quantitative estimate of drug-likeness (QED) is 0.824. The number of aromatic nitrogens is 2. The topological polar surface area (TPSA) is 38.0 Å². The minimum atomic E-state index is -2.76. The Morgan fingerprint density at radius 3 is 2.47 bits per heavy atom. The smallest absolute Gasteiger partial charge is 0.268 e. The van der Waals surface area contributed by atoms with Crippen LogP contribution in [0.15, 0.2) is 12.4 Å². The van der Waals surface area contributed by atoms with Gasteiger partial charge in [0.05, 0.1) is 12.2 Å². The zero-order chi connectivity index (χ0) is 11.4. The van der Waals surface area contributed by atoms with Crippen molar-refractivity contribution in [1.82, 2.24) is 9.78 Å². The van der Waals surface area contributed by atoms with E-state index in [1.807, 2.05) is 13.8 Å². The summed E-state index contributed by atoms with van der Waals surface area (Å²) in [5.74, 6) is 0. The minimum absolute atomic E-state index is 0.178. The second kappa shape index (κ2) is 5.21. The Kier molecular flexibility index (Phi) is 4.20. The molecule has 0 aromatic carbocycles. The van der Waals surface area contributed by atoms with E-state index in [0.717, 1.165) is 12.8 Å². The number of halogens is 2. The highest BCUT2D eigenvalue weighted by molar-refractivity contribution is 5.09. The lowest BCUT2D eigenvalue weighted by atomic mass is 10.2. The highest BCUT2D eigenvalue weighted by Crippen LogP contribution is 2.22. The fourth-order valence-corrected chi connectivity index (χ4v) is 1.51. The third-order valence-electron chi connectivity index (χ3n) is 2.52. The number of nitrogens with zero attached hydrogens (tertiary/aromatic N) is 2. The molecule has 86 valence electrons. The molecule has 0 aliphatic heterocycles. The van der Waals surface area contributed by atoms with Gasteiger partial charge in [0.15, 0.2) is 0 Å². The van der Waals surface area contributed by atoms with Gasteiger partial charge in [0.2, 0.25) is 0 Å². The lowest BCUT2D eigenvalue weighted by Crippen LogP contribution is -2.09. The standard InChI is InChI=1S/C10H16F2N2O/c1-3-8(4-2)14-6-7(5-13-14)9(15)10(11)12/h5-6,8-10,15H,3-4H2,1-2H3/t9-/m0/s1. The molecule has 1 atom stereocenters. The first-order valence-corrected chi connectivity index (χ1v) is 5.10. The van der Waals surface area contributed by atoms with E-state index in [1.54, 1.807) is 4.68 Å². The molecule has 1 rings (SSSR count). The van der Waals surface area contributed by atoms with Crippen LogP contribution in [0.25, 0.3) is 0 Å². The summed E-state index contributed by atoms with van der Waals surface area (Å²) in [6.45, 7) is 4.03. The monoisotopic (exact) mass is 218 g/mol. The van der Waals surface area contributed by atoms with Gasteiger partial charge in [0.1, 0.15) is 6.10 Å². The van der Waals surface area contributed by atoms with Crippen molar-refractivity contribution in [3.8, 4) is 0 Å². The number of alkyl halides is 2. The van der Waals surface area contributed by atoms with Crippen LogP contribution in [-0.4, -0.2) is 21.3 Å². The maximum absolute atomic E-state index is 12.2. The first kappa shape index (κ1) is 12.1. The zero-order valence-electron chi connectivity index (χ0n) is 8.90. The molecule has 3 nitrogen and oxygen atoms in total. The Balaban J connectivity index is 2.79. The van der Waals surface area contributed by atoms with Crippen molar-refractivity contribution in [2.24, 2.45) is 0 Å². The first-order chi connectivity index (χ1) is 7.10. The molecule has 0 aliphatic carbocycles. The molecular weight excluding hydrogens is 202 g/mol. The van der Waals surface area contributed by atoms with Gasteiger partial charge in [-0.25, -0.2) is 8.78 Å². The molecular formula is C10H16F2N2O. The maximum Gasteiger partial charge on any atom is 0.268 e. The van der Waals surface area contributed by atoms with Crippen LogP contribution < -0.4 is 0 Å². The second-order valence-electron chi connectivity index (χ2n) is 3.50. The van der Waals surface area contributed by atoms with E-state index in [4.69, 9.17) is 5.11 Å². The fourth-order valence-electron chi connectivity index (χ4n) is 1.51. The summed E-state index contributed by atoms with van der Waals surface area (Å²) >= 11 is 0. The lowest BCUT2D eigenvalue weighted by Gasteiger charge is -2.12. The van der Waals surface area contributed by atoms with Gasteiger partial charge < -0.3 is 5.11 Å². The summed E-state index contributed by atoms with van der Waals surface area (Å²) in [5.41, 5.74) is 0.178. The summed E-state index contributed by atoms with van der Waals surface area (Å²) in [6.07, 6.45) is 0.0893. The first-order valence-electron chi connectivity index (χ1n) is 5.10. The van der Waals surface area contributed by atoms with Crippen molar-refractivity contribution >= 4 is 0 Å². The Bertz CT molecular complexity index is 281. The van der Waals surface area contributed by atoms with Gasteiger partial charge in [-0.15, -0.1) is 0 Å². The lowest BCUT2D eigenvalue weighted by molar-refractivity contribution is -0.00585. The third-order valence-corrected chi connectivity index (χ3v) is 2.52. The van der Waals surface area contributed by atoms with Crippen molar-refractivity contribution in [1.29, 1.82) is 0 Å². The van der Waals surface area contributed by atoms with E-state index in [0.29, 0.717) is 0 Å². The van der Waals surface area contributed by atoms with E-state index in [9.17, 15) is 8.78 Å². The highest BCUT2D eigenvalue weighted by atomic mass is 19.3. The number of aliphatic hydroxyl groups is 1. The molecule has 0 unspecified atom stereocenters. The van der Waals surface area contributed by atoms with Crippen LogP contribution in [0.5, 0.6) is 0 Å². The van der Waals surface area contributed by atoms with Crippen LogP contribution in [0.1, 0.15) is 44.4 Å². The summed E-state index contributed by atoms with van der Waals surface area (Å²) in [4.78, 5) is 0. The Morgan fingerprint density at radius 2 is 2.00 bits per heavy atom. The largest absolute Gasteiger partial charge is 0.382 e. The molecule has 0 spiro atoms. The summed E-state index contributed by atoms with van der Waals surface area (Å²) in [7, 11) is 0. The van der Waals surface area contributed by atoms with E-state index in [1.165, 1.54) is 12.4 Å². The number of hydrogen-bond acceptors (Lipinski definition) is 2.